The molecule has 1 aliphatic heterocycles. The predicted molar refractivity (Wildman–Crippen MR) is 107 cm³/mol. The van der Waals surface area contributed by atoms with Crippen molar-refractivity contribution in [1.82, 2.24) is 15.1 Å². The molecule has 0 bridgehead atoms. The molecule has 0 spiro atoms. The van der Waals surface area contributed by atoms with Crippen molar-refractivity contribution in [3.8, 4) is 0 Å². The highest BCUT2D eigenvalue weighted by atomic mass is 127. The summed E-state index contributed by atoms with van der Waals surface area (Å²) in [5.41, 5.74) is 0. The van der Waals surface area contributed by atoms with E-state index in [-0.39, 0.29) is 24.0 Å². The molecule has 23 heavy (non-hydrogen) atoms. The molecule has 1 fully saturated rings. The first-order valence-corrected chi connectivity index (χ1v) is 8.47. The monoisotopic (exact) mass is 434 g/mol. The summed E-state index contributed by atoms with van der Waals surface area (Å²) in [4.78, 5) is 9.33. The molecule has 0 radical (unpaired) electrons. The predicted octanol–water partition coefficient (Wildman–Crippen LogP) is 2.68. The number of aliphatic imine (C=N–C) groups is 1. The van der Waals surface area contributed by atoms with E-state index in [2.05, 4.69) is 34.0 Å². The van der Waals surface area contributed by atoms with E-state index in [1.165, 1.54) is 13.0 Å². The minimum Gasteiger partial charge on any atom is -0.469 e. The number of hydrogen-bond acceptors (Lipinski definition) is 3. The van der Waals surface area contributed by atoms with E-state index in [1.807, 2.05) is 19.2 Å². The molecule has 1 aliphatic rings. The van der Waals surface area contributed by atoms with Crippen LogP contribution in [0.4, 0.5) is 0 Å². The number of nitrogens with zero attached hydrogens (tertiary/aromatic N) is 3. The summed E-state index contributed by atoms with van der Waals surface area (Å²) in [5.74, 6) is 2.79. The van der Waals surface area contributed by atoms with Gasteiger partial charge in [-0.15, -0.1) is 24.0 Å². The van der Waals surface area contributed by atoms with Crippen LogP contribution >= 0.6 is 24.0 Å². The zero-order valence-electron chi connectivity index (χ0n) is 14.6. The van der Waals surface area contributed by atoms with Crippen LogP contribution in [0.15, 0.2) is 27.8 Å². The molecule has 5 nitrogen and oxygen atoms in total. The smallest absolute Gasteiger partial charge is 0.193 e. The first-order chi connectivity index (χ1) is 10.8. The lowest BCUT2D eigenvalue weighted by Gasteiger charge is -2.24. The molecule has 1 atom stereocenters. The fraction of sp³-hybridized carbons (Fsp3) is 0.706. The molecule has 1 aromatic heterocycles. The van der Waals surface area contributed by atoms with Crippen molar-refractivity contribution >= 4 is 29.9 Å². The normalized spacial score (nSPS) is 18.3. The highest BCUT2D eigenvalue weighted by Crippen LogP contribution is 2.17. The Labute approximate surface area is 157 Å². The fourth-order valence-electron chi connectivity index (χ4n) is 3.11. The van der Waals surface area contributed by atoms with Gasteiger partial charge in [0.1, 0.15) is 5.76 Å². The molecule has 2 rings (SSSR count). The standard InChI is InChI=1S/C17H30N4O.HI/c1-4-20(5-2)13-15-9-11-21(14-15)17(18-3)19-10-8-16-7-6-12-22-16;/h6-7,12,15H,4-5,8-11,13-14H2,1-3H3,(H,18,19);1H. The molecular formula is C17H31IN4O. The van der Waals surface area contributed by atoms with Gasteiger partial charge in [0.2, 0.25) is 0 Å². The summed E-state index contributed by atoms with van der Waals surface area (Å²) in [7, 11) is 1.87. The van der Waals surface area contributed by atoms with Crippen LogP contribution in [-0.4, -0.2) is 62.1 Å². The van der Waals surface area contributed by atoms with Crippen LogP contribution in [0.1, 0.15) is 26.0 Å². The molecule has 1 unspecified atom stereocenters. The van der Waals surface area contributed by atoms with Gasteiger partial charge in [-0.05, 0) is 37.6 Å². The van der Waals surface area contributed by atoms with Crippen LogP contribution < -0.4 is 5.32 Å². The molecule has 6 heteroatoms. The lowest BCUT2D eigenvalue weighted by atomic mass is 10.1. The molecule has 0 aliphatic carbocycles. The summed E-state index contributed by atoms with van der Waals surface area (Å²) in [6.07, 6.45) is 3.88. The summed E-state index contributed by atoms with van der Waals surface area (Å²) < 4.78 is 5.36. The third-order valence-electron chi connectivity index (χ3n) is 4.44. The Kier molecular flexibility index (Phi) is 9.62. The molecule has 0 amide bonds. The van der Waals surface area contributed by atoms with Crippen molar-refractivity contribution in [2.75, 3.05) is 46.3 Å². The fourth-order valence-corrected chi connectivity index (χ4v) is 3.11. The third kappa shape index (κ3) is 6.33. The van der Waals surface area contributed by atoms with Gasteiger partial charge in [-0.25, -0.2) is 0 Å². The molecule has 132 valence electrons. The van der Waals surface area contributed by atoms with Crippen molar-refractivity contribution in [2.45, 2.75) is 26.7 Å². The van der Waals surface area contributed by atoms with Gasteiger partial charge in [0, 0.05) is 39.6 Å². The van der Waals surface area contributed by atoms with Crippen LogP contribution in [0.3, 0.4) is 0 Å². The van der Waals surface area contributed by atoms with E-state index in [1.54, 1.807) is 6.26 Å². The Balaban J connectivity index is 0.00000264. The van der Waals surface area contributed by atoms with Crippen LogP contribution in [0.2, 0.25) is 0 Å². The van der Waals surface area contributed by atoms with E-state index in [0.717, 1.165) is 56.8 Å². The van der Waals surface area contributed by atoms with Gasteiger partial charge in [0.15, 0.2) is 5.96 Å². The summed E-state index contributed by atoms with van der Waals surface area (Å²) in [6.45, 7) is 11.0. The molecule has 1 aromatic rings. The molecule has 2 heterocycles. The maximum absolute atomic E-state index is 5.36. The van der Waals surface area contributed by atoms with Gasteiger partial charge in [0.25, 0.3) is 0 Å². The van der Waals surface area contributed by atoms with Crippen LogP contribution in [0.5, 0.6) is 0 Å². The maximum atomic E-state index is 5.36. The molecule has 0 aromatic carbocycles. The van der Waals surface area contributed by atoms with E-state index < -0.39 is 0 Å². The Morgan fingerprint density at radius 3 is 2.83 bits per heavy atom. The summed E-state index contributed by atoms with van der Waals surface area (Å²) >= 11 is 0. The van der Waals surface area contributed by atoms with Gasteiger partial charge in [-0.1, -0.05) is 13.8 Å². The number of nitrogens with one attached hydrogen (secondary N) is 1. The van der Waals surface area contributed by atoms with Crippen molar-refractivity contribution in [1.29, 1.82) is 0 Å². The first-order valence-electron chi connectivity index (χ1n) is 8.47. The second kappa shape index (κ2) is 10.9. The number of guanidine groups is 1. The Bertz CT molecular complexity index is 445. The van der Waals surface area contributed by atoms with Gasteiger partial charge in [-0.3, -0.25) is 4.99 Å². The number of hydrogen-bond donors (Lipinski definition) is 1. The number of furan rings is 1. The third-order valence-corrected chi connectivity index (χ3v) is 4.44. The van der Waals surface area contributed by atoms with E-state index in [9.17, 15) is 0 Å². The lowest BCUT2D eigenvalue weighted by Crippen LogP contribution is -2.41. The zero-order chi connectivity index (χ0) is 15.8. The zero-order valence-corrected chi connectivity index (χ0v) is 17.0. The van der Waals surface area contributed by atoms with Crippen LogP contribution in [-0.2, 0) is 6.42 Å². The van der Waals surface area contributed by atoms with Crippen molar-refractivity contribution in [3.63, 3.8) is 0 Å². The minimum absolute atomic E-state index is 0. The van der Waals surface area contributed by atoms with E-state index in [4.69, 9.17) is 4.42 Å². The quantitative estimate of drug-likeness (QED) is 0.407. The molecule has 1 saturated heterocycles. The van der Waals surface area contributed by atoms with Crippen molar-refractivity contribution in [3.05, 3.63) is 24.2 Å². The van der Waals surface area contributed by atoms with Gasteiger partial charge < -0.3 is 19.5 Å². The van der Waals surface area contributed by atoms with Gasteiger partial charge >= 0.3 is 0 Å². The second-order valence-electron chi connectivity index (χ2n) is 5.89. The second-order valence-corrected chi connectivity index (χ2v) is 5.89. The van der Waals surface area contributed by atoms with Crippen molar-refractivity contribution < 1.29 is 4.42 Å². The molecule has 0 saturated carbocycles. The Hall–Kier alpha value is -0.760. The average molecular weight is 434 g/mol. The largest absolute Gasteiger partial charge is 0.469 e. The molecular weight excluding hydrogens is 403 g/mol. The van der Waals surface area contributed by atoms with Gasteiger partial charge in [0.05, 0.1) is 6.26 Å². The Morgan fingerprint density at radius 1 is 1.43 bits per heavy atom. The Morgan fingerprint density at radius 2 is 2.22 bits per heavy atom. The van der Waals surface area contributed by atoms with E-state index in [0.29, 0.717) is 0 Å². The molecule has 1 N–H and O–H groups in total. The highest BCUT2D eigenvalue weighted by Gasteiger charge is 2.25. The number of likely N-dealkylation sites (tertiary alicyclic amines) is 1. The van der Waals surface area contributed by atoms with E-state index >= 15 is 0 Å². The lowest BCUT2D eigenvalue weighted by molar-refractivity contribution is 0.255. The first kappa shape index (κ1) is 20.3. The van der Waals surface area contributed by atoms with Crippen molar-refractivity contribution in [2.24, 2.45) is 10.9 Å². The minimum atomic E-state index is 0. The van der Waals surface area contributed by atoms with Crippen LogP contribution in [0, 0.1) is 5.92 Å². The summed E-state index contributed by atoms with van der Waals surface area (Å²) in [6, 6.07) is 3.95. The topological polar surface area (TPSA) is 44.0 Å². The highest BCUT2D eigenvalue weighted by molar-refractivity contribution is 14.0. The van der Waals surface area contributed by atoms with Gasteiger partial charge in [-0.2, -0.15) is 0 Å². The average Bonchev–Trinajstić information content (AvgIpc) is 3.21. The van der Waals surface area contributed by atoms with Crippen LogP contribution in [0.25, 0.3) is 0 Å². The SMILES string of the molecule is CCN(CC)CC1CCN(C(=NC)NCCc2ccco2)C1.I. The number of halogens is 1. The summed E-state index contributed by atoms with van der Waals surface area (Å²) in [5, 5.41) is 3.45. The number of rotatable bonds is 7. The maximum Gasteiger partial charge on any atom is 0.193 e.